The molecule has 150 valence electrons. The van der Waals surface area contributed by atoms with Crippen molar-refractivity contribution < 1.29 is 14.1 Å². The molecular formula is C22H16ClN3O4. The highest BCUT2D eigenvalue weighted by molar-refractivity contribution is 6.34. The minimum atomic E-state index is -0.570. The predicted octanol–water partition coefficient (Wildman–Crippen LogP) is 5.87. The van der Waals surface area contributed by atoms with Gasteiger partial charge in [0.15, 0.2) is 5.58 Å². The number of hydrogen-bond acceptors (Lipinski definition) is 5. The fourth-order valence-electron chi connectivity index (χ4n) is 3.01. The van der Waals surface area contributed by atoms with Gasteiger partial charge in [-0.15, -0.1) is 0 Å². The first-order valence-electron chi connectivity index (χ1n) is 9.20. The molecule has 0 fully saturated rings. The van der Waals surface area contributed by atoms with E-state index in [-0.39, 0.29) is 16.3 Å². The van der Waals surface area contributed by atoms with Crippen LogP contribution in [0.4, 0.5) is 11.4 Å². The van der Waals surface area contributed by atoms with Crippen molar-refractivity contribution in [1.82, 2.24) is 4.98 Å². The summed E-state index contributed by atoms with van der Waals surface area (Å²) in [7, 11) is 0. The van der Waals surface area contributed by atoms with Crippen molar-refractivity contribution in [3.63, 3.8) is 0 Å². The number of carbonyl (C=O) groups excluding carboxylic acids is 1. The highest BCUT2D eigenvalue weighted by atomic mass is 35.5. The number of halogens is 1. The molecule has 8 heteroatoms. The second-order valence-electron chi connectivity index (χ2n) is 6.63. The number of rotatable bonds is 5. The number of aryl methyl sites for hydroxylation is 1. The number of anilines is 1. The van der Waals surface area contributed by atoms with E-state index in [1.54, 1.807) is 18.2 Å². The Morgan fingerprint density at radius 1 is 1.13 bits per heavy atom. The maximum atomic E-state index is 12.5. The zero-order chi connectivity index (χ0) is 21.3. The summed E-state index contributed by atoms with van der Waals surface area (Å²) in [6.07, 6.45) is 0.954. The van der Waals surface area contributed by atoms with E-state index in [9.17, 15) is 14.9 Å². The lowest BCUT2D eigenvalue weighted by Crippen LogP contribution is -2.12. The average molecular weight is 422 g/mol. The molecule has 1 aromatic heterocycles. The molecule has 30 heavy (non-hydrogen) atoms. The van der Waals surface area contributed by atoms with Gasteiger partial charge in [0, 0.05) is 23.4 Å². The van der Waals surface area contributed by atoms with E-state index >= 15 is 0 Å². The molecule has 4 aromatic rings. The Morgan fingerprint density at radius 3 is 2.57 bits per heavy atom. The first-order valence-corrected chi connectivity index (χ1v) is 9.57. The molecule has 0 aliphatic heterocycles. The average Bonchev–Trinajstić information content (AvgIpc) is 3.17. The monoisotopic (exact) mass is 421 g/mol. The number of nitrogens with zero attached hydrogens (tertiary/aromatic N) is 2. The maximum absolute atomic E-state index is 12.5. The zero-order valence-electron chi connectivity index (χ0n) is 15.9. The first-order chi connectivity index (χ1) is 14.4. The Labute approximate surface area is 176 Å². The number of fused-ring (bicyclic) bond motifs is 1. The Balaban J connectivity index is 1.57. The van der Waals surface area contributed by atoms with Crippen molar-refractivity contribution in [2.24, 2.45) is 0 Å². The topological polar surface area (TPSA) is 98.3 Å². The number of nitro groups is 1. The van der Waals surface area contributed by atoms with Gasteiger partial charge in [0.25, 0.3) is 11.6 Å². The number of oxazole rings is 1. The second kappa shape index (κ2) is 7.96. The zero-order valence-corrected chi connectivity index (χ0v) is 16.6. The standard InChI is InChI=1S/C22H16ClN3O4/c1-2-13-3-5-14(6-4-13)22-25-19-11-15(7-10-20(19)30-22)24-21(27)17-9-8-16(26(28)29)12-18(17)23/h3-12H,2H2,1H3,(H,24,27). The number of benzene rings is 3. The first kappa shape index (κ1) is 19.6. The molecule has 4 rings (SSSR count). The van der Waals surface area contributed by atoms with Gasteiger partial charge < -0.3 is 9.73 Å². The number of carbonyl (C=O) groups is 1. The lowest BCUT2D eigenvalue weighted by Gasteiger charge is -2.06. The quantitative estimate of drug-likeness (QED) is 0.321. The van der Waals surface area contributed by atoms with Gasteiger partial charge in [-0.1, -0.05) is 30.7 Å². The van der Waals surface area contributed by atoms with Gasteiger partial charge in [0.1, 0.15) is 5.52 Å². The Bertz CT molecular complexity index is 1270. The normalized spacial score (nSPS) is 10.9. The minimum absolute atomic E-state index is 0.00188. The number of nitrogens with one attached hydrogen (secondary N) is 1. The molecule has 0 saturated heterocycles. The van der Waals surface area contributed by atoms with E-state index < -0.39 is 10.8 Å². The molecule has 1 amide bonds. The minimum Gasteiger partial charge on any atom is -0.436 e. The maximum Gasteiger partial charge on any atom is 0.270 e. The molecule has 1 heterocycles. The van der Waals surface area contributed by atoms with Crippen LogP contribution in [-0.2, 0) is 6.42 Å². The van der Waals surface area contributed by atoms with Crippen molar-refractivity contribution in [1.29, 1.82) is 0 Å². The smallest absolute Gasteiger partial charge is 0.270 e. The highest BCUT2D eigenvalue weighted by Gasteiger charge is 2.16. The van der Waals surface area contributed by atoms with Crippen LogP contribution in [-0.4, -0.2) is 15.8 Å². The van der Waals surface area contributed by atoms with Crippen molar-refractivity contribution in [2.75, 3.05) is 5.32 Å². The number of nitro benzene ring substituents is 1. The number of aromatic nitrogens is 1. The van der Waals surface area contributed by atoms with Gasteiger partial charge in [0.2, 0.25) is 5.89 Å². The van der Waals surface area contributed by atoms with Crippen molar-refractivity contribution in [3.05, 3.63) is 86.9 Å². The third-order valence-electron chi connectivity index (χ3n) is 4.66. The van der Waals surface area contributed by atoms with Gasteiger partial charge in [-0.05, 0) is 48.4 Å². The summed E-state index contributed by atoms with van der Waals surface area (Å²) in [5, 5.41) is 13.5. The molecule has 0 aliphatic carbocycles. The summed E-state index contributed by atoms with van der Waals surface area (Å²) in [5.41, 5.74) is 3.74. The van der Waals surface area contributed by atoms with E-state index in [4.69, 9.17) is 16.0 Å². The predicted molar refractivity (Wildman–Crippen MR) is 115 cm³/mol. The third-order valence-corrected chi connectivity index (χ3v) is 4.98. The third kappa shape index (κ3) is 3.88. The lowest BCUT2D eigenvalue weighted by atomic mass is 10.1. The Hall–Kier alpha value is -3.71. The molecule has 0 saturated carbocycles. The highest BCUT2D eigenvalue weighted by Crippen LogP contribution is 2.28. The van der Waals surface area contributed by atoms with Gasteiger partial charge >= 0.3 is 0 Å². The van der Waals surface area contributed by atoms with Crippen LogP contribution in [0.5, 0.6) is 0 Å². The van der Waals surface area contributed by atoms with E-state index in [2.05, 4.69) is 17.2 Å². The summed E-state index contributed by atoms with van der Waals surface area (Å²) < 4.78 is 5.82. The molecule has 0 atom stereocenters. The molecule has 0 spiro atoms. The molecule has 0 bridgehead atoms. The number of hydrogen-bond donors (Lipinski definition) is 1. The van der Waals surface area contributed by atoms with E-state index in [0.717, 1.165) is 18.1 Å². The van der Waals surface area contributed by atoms with Crippen LogP contribution < -0.4 is 5.32 Å². The van der Waals surface area contributed by atoms with Gasteiger partial charge in [0.05, 0.1) is 15.5 Å². The number of amides is 1. The van der Waals surface area contributed by atoms with Crippen molar-refractivity contribution in [3.8, 4) is 11.5 Å². The van der Waals surface area contributed by atoms with E-state index in [1.165, 1.54) is 17.7 Å². The summed E-state index contributed by atoms with van der Waals surface area (Å²) >= 11 is 6.03. The van der Waals surface area contributed by atoms with Crippen LogP contribution in [0.1, 0.15) is 22.8 Å². The summed E-state index contributed by atoms with van der Waals surface area (Å²) in [6, 6.07) is 16.8. The molecule has 0 radical (unpaired) electrons. The second-order valence-corrected chi connectivity index (χ2v) is 7.03. The van der Waals surface area contributed by atoms with Crippen LogP contribution >= 0.6 is 11.6 Å². The molecule has 1 N–H and O–H groups in total. The summed E-state index contributed by atoms with van der Waals surface area (Å²) in [6.45, 7) is 2.09. The van der Waals surface area contributed by atoms with Crippen molar-refractivity contribution >= 4 is 40.0 Å². The van der Waals surface area contributed by atoms with E-state index in [1.807, 2.05) is 24.3 Å². The van der Waals surface area contributed by atoms with Crippen LogP contribution in [0.2, 0.25) is 5.02 Å². The lowest BCUT2D eigenvalue weighted by molar-refractivity contribution is -0.384. The molecule has 3 aromatic carbocycles. The summed E-state index contributed by atoms with van der Waals surface area (Å²) in [4.78, 5) is 27.3. The van der Waals surface area contributed by atoms with Crippen LogP contribution in [0, 0.1) is 10.1 Å². The van der Waals surface area contributed by atoms with Gasteiger partial charge in [-0.3, -0.25) is 14.9 Å². The molecule has 7 nitrogen and oxygen atoms in total. The van der Waals surface area contributed by atoms with Gasteiger partial charge in [-0.25, -0.2) is 4.98 Å². The number of non-ortho nitro benzene ring substituents is 1. The molecular weight excluding hydrogens is 406 g/mol. The SMILES string of the molecule is CCc1ccc(-c2nc3cc(NC(=O)c4ccc([N+](=O)[O-])cc4Cl)ccc3o2)cc1. The van der Waals surface area contributed by atoms with Crippen LogP contribution in [0.3, 0.4) is 0 Å². The Morgan fingerprint density at radius 2 is 1.90 bits per heavy atom. The van der Waals surface area contributed by atoms with Crippen LogP contribution in [0.15, 0.2) is 65.1 Å². The van der Waals surface area contributed by atoms with Gasteiger partial charge in [-0.2, -0.15) is 0 Å². The summed E-state index contributed by atoms with van der Waals surface area (Å²) in [5.74, 6) is 0.0164. The molecule has 0 unspecified atom stereocenters. The largest absolute Gasteiger partial charge is 0.436 e. The van der Waals surface area contributed by atoms with Crippen molar-refractivity contribution in [2.45, 2.75) is 13.3 Å². The Kier molecular flexibility index (Phi) is 5.20. The van der Waals surface area contributed by atoms with E-state index in [0.29, 0.717) is 22.7 Å². The van der Waals surface area contributed by atoms with Crippen LogP contribution in [0.25, 0.3) is 22.6 Å². The molecule has 0 aliphatic rings. The fraction of sp³-hybridized carbons (Fsp3) is 0.0909. The fourth-order valence-corrected chi connectivity index (χ4v) is 3.27.